The molecule has 118 valence electrons. The molecule has 0 atom stereocenters. The summed E-state index contributed by atoms with van der Waals surface area (Å²) in [5.74, 6) is 0. The van der Waals surface area contributed by atoms with Crippen molar-refractivity contribution in [3.05, 3.63) is 83.5 Å². The van der Waals surface area contributed by atoms with Gasteiger partial charge >= 0.3 is 0 Å². The first-order chi connectivity index (χ1) is 11.7. The molecular formula is C20H16ClN3. The molecule has 0 saturated carbocycles. The fraction of sp³-hybridized carbons (Fsp3) is 0.0500. The number of hydrogen-bond donors (Lipinski definition) is 1. The molecule has 0 aliphatic heterocycles. The number of rotatable bonds is 3. The van der Waals surface area contributed by atoms with Gasteiger partial charge in [0.25, 0.3) is 0 Å². The second-order valence-corrected chi connectivity index (χ2v) is 6.20. The highest BCUT2D eigenvalue weighted by atomic mass is 35.5. The van der Waals surface area contributed by atoms with Gasteiger partial charge in [-0.1, -0.05) is 35.9 Å². The van der Waals surface area contributed by atoms with E-state index in [1.165, 1.54) is 5.56 Å². The Labute approximate surface area is 145 Å². The number of hydrogen-bond acceptors (Lipinski definition) is 2. The monoisotopic (exact) mass is 333 g/mol. The highest BCUT2D eigenvalue weighted by molar-refractivity contribution is 6.30. The standard InChI is InChI=1S/C20H16ClN3/c1-14-5-2-7-16(11-14)24(17-8-3-6-15(21)12-17)20-10-4-9-19-18(20)13-22-23-19/h2-13H,1H3,(H,22,23). The first-order valence-electron chi connectivity index (χ1n) is 7.77. The van der Waals surface area contributed by atoms with E-state index in [4.69, 9.17) is 11.6 Å². The molecule has 4 heteroatoms. The van der Waals surface area contributed by atoms with E-state index >= 15 is 0 Å². The van der Waals surface area contributed by atoms with Gasteiger partial charge < -0.3 is 4.90 Å². The quantitative estimate of drug-likeness (QED) is 0.499. The lowest BCUT2D eigenvalue weighted by Gasteiger charge is -2.26. The van der Waals surface area contributed by atoms with Crippen LogP contribution in [-0.2, 0) is 0 Å². The maximum absolute atomic E-state index is 6.25. The lowest BCUT2D eigenvalue weighted by molar-refractivity contribution is 1.12. The minimum Gasteiger partial charge on any atom is -0.310 e. The number of aromatic nitrogens is 2. The van der Waals surface area contributed by atoms with Gasteiger partial charge in [0, 0.05) is 21.8 Å². The summed E-state index contributed by atoms with van der Waals surface area (Å²) < 4.78 is 0. The smallest absolute Gasteiger partial charge is 0.0671 e. The summed E-state index contributed by atoms with van der Waals surface area (Å²) in [6.45, 7) is 2.10. The van der Waals surface area contributed by atoms with Crippen molar-refractivity contribution in [2.45, 2.75) is 6.92 Å². The third-order valence-corrected chi connectivity index (χ3v) is 4.26. The molecule has 4 rings (SSSR count). The Kier molecular flexibility index (Phi) is 3.71. The zero-order valence-corrected chi connectivity index (χ0v) is 14.0. The average molecular weight is 334 g/mol. The van der Waals surface area contributed by atoms with E-state index < -0.39 is 0 Å². The molecule has 4 aromatic rings. The van der Waals surface area contributed by atoms with Crippen molar-refractivity contribution in [1.29, 1.82) is 0 Å². The molecule has 1 N–H and O–H groups in total. The van der Waals surface area contributed by atoms with Crippen LogP contribution in [0.2, 0.25) is 5.02 Å². The topological polar surface area (TPSA) is 31.9 Å². The molecule has 0 saturated heterocycles. The predicted octanol–water partition coefficient (Wildman–Crippen LogP) is 5.99. The Bertz CT molecular complexity index is 961. The second kappa shape index (κ2) is 6.02. The van der Waals surface area contributed by atoms with Crippen LogP contribution < -0.4 is 4.90 Å². The fourth-order valence-corrected chi connectivity index (χ4v) is 3.14. The maximum atomic E-state index is 6.25. The van der Waals surface area contributed by atoms with Crippen LogP contribution in [0.5, 0.6) is 0 Å². The molecule has 0 fully saturated rings. The Hall–Kier alpha value is -2.78. The largest absolute Gasteiger partial charge is 0.310 e. The summed E-state index contributed by atoms with van der Waals surface area (Å²) in [5.41, 5.74) is 5.38. The summed E-state index contributed by atoms with van der Waals surface area (Å²) in [7, 11) is 0. The molecular weight excluding hydrogens is 318 g/mol. The number of aromatic amines is 1. The Morgan fingerprint density at radius 3 is 2.46 bits per heavy atom. The SMILES string of the molecule is Cc1cccc(N(c2cccc(Cl)c2)c2cccc3[nH]ncc23)c1. The van der Waals surface area contributed by atoms with Crippen molar-refractivity contribution in [3.63, 3.8) is 0 Å². The lowest BCUT2D eigenvalue weighted by atomic mass is 10.1. The van der Waals surface area contributed by atoms with Crippen LogP contribution in [0, 0.1) is 6.92 Å². The van der Waals surface area contributed by atoms with E-state index in [9.17, 15) is 0 Å². The van der Waals surface area contributed by atoms with Crippen molar-refractivity contribution in [2.24, 2.45) is 0 Å². The van der Waals surface area contributed by atoms with Gasteiger partial charge in [0.1, 0.15) is 0 Å². The van der Waals surface area contributed by atoms with Crippen LogP contribution in [0.1, 0.15) is 5.56 Å². The number of nitrogens with zero attached hydrogens (tertiary/aromatic N) is 2. The maximum Gasteiger partial charge on any atom is 0.0671 e. The Balaban J connectivity index is 1.98. The molecule has 3 nitrogen and oxygen atoms in total. The minimum atomic E-state index is 0.713. The van der Waals surface area contributed by atoms with E-state index in [-0.39, 0.29) is 0 Å². The highest BCUT2D eigenvalue weighted by Gasteiger charge is 2.16. The van der Waals surface area contributed by atoms with Gasteiger partial charge in [-0.3, -0.25) is 5.10 Å². The molecule has 1 heterocycles. The lowest BCUT2D eigenvalue weighted by Crippen LogP contribution is -2.10. The zero-order valence-electron chi connectivity index (χ0n) is 13.2. The number of nitrogens with one attached hydrogen (secondary N) is 1. The van der Waals surface area contributed by atoms with Crippen LogP contribution in [0.4, 0.5) is 17.1 Å². The molecule has 0 spiro atoms. The van der Waals surface area contributed by atoms with Gasteiger partial charge in [-0.25, -0.2) is 0 Å². The zero-order chi connectivity index (χ0) is 16.5. The van der Waals surface area contributed by atoms with Crippen molar-refractivity contribution in [2.75, 3.05) is 4.90 Å². The summed E-state index contributed by atoms with van der Waals surface area (Å²) >= 11 is 6.25. The van der Waals surface area contributed by atoms with Gasteiger partial charge in [0.2, 0.25) is 0 Å². The van der Waals surface area contributed by atoms with E-state index in [0.29, 0.717) is 5.02 Å². The van der Waals surface area contributed by atoms with Gasteiger partial charge in [-0.2, -0.15) is 5.10 Å². The summed E-state index contributed by atoms with van der Waals surface area (Å²) in [6.07, 6.45) is 1.86. The van der Waals surface area contributed by atoms with Crippen molar-refractivity contribution in [1.82, 2.24) is 10.2 Å². The third-order valence-electron chi connectivity index (χ3n) is 4.03. The average Bonchev–Trinajstić information content (AvgIpc) is 3.05. The molecule has 0 bridgehead atoms. The van der Waals surface area contributed by atoms with Crippen LogP contribution in [-0.4, -0.2) is 10.2 Å². The molecule has 0 aliphatic rings. The van der Waals surface area contributed by atoms with Crippen molar-refractivity contribution in [3.8, 4) is 0 Å². The Morgan fingerprint density at radius 1 is 0.917 bits per heavy atom. The normalized spacial score (nSPS) is 10.9. The number of fused-ring (bicyclic) bond motifs is 1. The van der Waals surface area contributed by atoms with Crippen LogP contribution in [0.25, 0.3) is 10.9 Å². The first kappa shape index (κ1) is 14.8. The van der Waals surface area contributed by atoms with E-state index in [1.807, 2.05) is 36.5 Å². The van der Waals surface area contributed by atoms with Gasteiger partial charge in [-0.05, 0) is 55.0 Å². The van der Waals surface area contributed by atoms with Crippen LogP contribution in [0.3, 0.4) is 0 Å². The van der Waals surface area contributed by atoms with Crippen molar-refractivity contribution < 1.29 is 0 Å². The minimum absolute atomic E-state index is 0.713. The van der Waals surface area contributed by atoms with E-state index in [1.54, 1.807) is 0 Å². The Morgan fingerprint density at radius 2 is 1.67 bits per heavy atom. The predicted molar refractivity (Wildman–Crippen MR) is 101 cm³/mol. The number of H-pyrrole nitrogens is 1. The number of benzene rings is 3. The molecule has 24 heavy (non-hydrogen) atoms. The number of anilines is 3. The summed E-state index contributed by atoms with van der Waals surface area (Å²) in [6, 6.07) is 22.5. The van der Waals surface area contributed by atoms with E-state index in [2.05, 4.69) is 58.4 Å². The summed E-state index contributed by atoms with van der Waals surface area (Å²) in [5, 5.41) is 9.01. The molecule has 0 aliphatic carbocycles. The molecule has 0 radical (unpaired) electrons. The molecule has 0 amide bonds. The second-order valence-electron chi connectivity index (χ2n) is 5.76. The third kappa shape index (κ3) is 2.63. The summed E-state index contributed by atoms with van der Waals surface area (Å²) in [4.78, 5) is 2.21. The molecule has 0 unspecified atom stereocenters. The van der Waals surface area contributed by atoms with Crippen molar-refractivity contribution >= 4 is 39.6 Å². The van der Waals surface area contributed by atoms with Gasteiger partial charge in [0.15, 0.2) is 0 Å². The van der Waals surface area contributed by atoms with Gasteiger partial charge in [0.05, 0.1) is 17.4 Å². The first-order valence-corrected chi connectivity index (χ1v) is 8.14. The highest BCUT2D eigenvalue weighted by Crippen LogP contribution is 2.39. The number of halogens is 1. The number of aryl methyl sites for hydroxylation is 1. The fourth-order valence-electron chi connectivity index (χ4n) is 2.96. The molecule has 3 aromatic carbocycles. The van der Waals surface area contributed by atoms with E-state index in [0.717, 1.165) is 28.0 Å². The van der Waals surface area contributed by atoms with Gasteiger partial charge in [-0.15, -0.1) is 0 Å². The molecule has 1 aromatic heterocycles. The van der Waals surface area contributed by atoms with Crippen LogP contribution >= 0.6 is 11.6 Å². The van der Waals surface area contributed by atoms with Crippen LogP contribution in [0.15, 0.2) is 72.9 Å².